The number of benzene rings is 4. The normalized spacial score (nSPS) is 14.8. The minimum atomic E-state index is -3.59. The second kappa shape index (κ2) is 14.5. The molecule has 0 saturated carbocycles. The van der Waals surface area contributed by atoms with Gasteiger partial charge in [0.15, 0.2) is 4.80 Å². The first-order valence-corrected chi connectivity index (χ1v) is 18.1. The summed E-state index contributed by atoms with van der Waals surface area (Å²) in [5, 5.41) is 2.06. The summed E-state index contributed by atoms with van der Waals surface area (Å²) >= 11 is 1.53. The van der Waals surface area contributed by atoms with E-state index in [0.717, 1.165) is 58.2 Å². The van der Waals surface area contributed by atoms with Crippen LogP contribution in [0.15, 0.2) is 118 Å². The Kier molecular flexibility index (Phi) is 10.0. The molecule has 1 aromatic heterocycles. The van der Waals surface area contributed by atoms with E-state index in [2.05, 4.69) is 34.2 Å². The molecule has 0 atom stereocenters. The Morgan fingerprint density at radius 1 is 0.783 bits per heavy atom. The molecule has 1 aliphatic rings. The topological polar surface area (TPSA) is 73.1 Å². The highest BCUT2D eigenvalue weighted by Gasteiger charge is 2.29. The summed E-state index contributed by atoms with van der Waals surface area (Å²) in [5.74, 6) is 2.10. The van der Waals surface area contributed by atoms with E-state index in [1.165, 1.54) is 16.9 Å². The van der Waals surface area contributed by atoms with E-state index < -0.39 is 10.0 Å². The van der Waals surface area contributed by atoms with Gasteiger partial charge in [0.2, 0.25) is 10.0 Å². The SMILES string of the molecule is CCOc1ccc(N=c2scc(-c3ccc(S(=O)(=O)N4CCC(Cc5ccccc5)CC4)cc3)n2-c2ccc(OCC)cc2)cc1. The second-order valence-electron chi connectivity index (χ2n) is 11.3. The Bertz CT molecular complexity index is 1890. The Morgan fingerprint density at radius 2 is 1.39 bits per heavy atom. The smallest absolute Gasteiger partial charge is 0.243 e. The molecule has 4 aromatic carbocycles. The fourth-order valence-corrected chi connectivity index (χ4v) is 8.24. The lowest BCUT2D eigenvalue weighted by Gasteiger charge is -2.31. The van der Waals surface area contributed by atoms with Gasteiger partial charge in [-0.3, -0.25) is 4.57 Å². The Labute approximate surface area is 275 Å². The largest absolute Gasteiger partial charge is 0.494 e. The first-order chi connectivity index (χ1) is 22.4. The number of thiazole rings is 1. The third-order valence-corrected chi connectivity index (χ3v) is 11.0. The molecule has 46 heavy (non-hydrogen) atoms. The molecule has 1 saturated heterocycles. The molecule has 5 aromatic rings. The van der Waals surface area contributed by atoms with E-state index in [1.54, 1.807) is 16.4 Å². The Hall–Kier alpha value is -4.18. The van der Waals surface area contributed by atoms with E-state index in [-0.39, 0.29) is 0 Å². The van der Waals surface area contributed by atoms with E-state index in [0.29, 0.717) is 37.1 Å². The van der Waals surface area contributed by atoms with Gasteiger partial charge in [-0.1, -0.05) is 42.5 Å². The number of hydrogen-bond donors (Lipinski definition) is 0. The van der Waals surface area contributed by atoms with Gasteiger partial charge in [0.05, 0.1) is 29.5 Å². The van der Waals surface area contributed by atoms with Gasteiger partial charge in [-0.15, -0.1) is 11.3 Å². The minimum Gasteiger partial charge on any atom is -0.494 e. The molecule has 0 spiro atoms. The summed E-state index contributed by atoms with van der Waals surface area (Å²) in [5.41, 5.74) is 4.87. The van der Waals surface area contributed by atoms with E-state index in [1.807, 2.05) is 80.6 Å². The standard InChI is InChI=1S/C37H39N3O4S2/c1-3-43-33-16-12-31(13-17-33)38-37-40(32-14-18-34(19-15-32)44-4-2)36(27-45-37)30-10-20-35(21-11-30)46(41,42)39-24-22-29(23-25-39)26-28-8-6-5-7-9-28/h5-21,27,29H,3-4,22-26H2,1-2H3. The lowest BCUT2D eigenvalue weighted by Crippen LogP contribution is -2.38. The molecule has 1 fully saturated rings. The highest BCUT2D eigenvalue weighted by Crippen LogP contribution is 2.30. The van der Waals surface area contributed by atoms with Gasteiger partial charge in [-0.2, -0.15) is 4.31 Å². The van der Waals surface area contributed by atoms with Crippen LogP contribution in [0, 0.1) is 5.92 Å². The predicted octanol–water partition coefficient (Wildman–Crippen LogP) is 7.88. The van der Waals surface area contributed by atoms with Crippen LogP contribution >= 0.6 is 11.3 Å². The van der Waals surface area contributed by atoms with Crippen LogP contribution in [0.25, 0.3) is 16.9 Å². The Balaban J connectivity index is 1.26. The molecule has 0 bridgehead atoms. The number of sulfonamides is 1. The molecule has 6 rings (SSSR count). The van der Waals surface area contributed by atoms with Crippen molar-refractivity contribution >= 4 is 27.0 Å². The number of aromatic nitrogens is 1. The zero-order chi connectivity index (χ0) is 31.9. The molecule has 9 heteroatoms. The van der Waals surface area contributed by atoms with Crippen LogP contribution in [0.4, 0.5) is 5.69 Å². The van der Waals surface area contributed by atoms with Gasteiger partial charge in [0.25, 0.3) is 0 Å². The third-order valence-electron chi connectivity index (χ3n) is 8.22. The molecule has 2 heterocycles. The lowest BCUT2D eigenvalue weighted by atomic mass is 9.91. The van der Waals surface area contributed by atoms with Crippen molar-refractivity contribution in [1.29, 1.82) is 0 Å². The van der Waals surface area contributed by atoms with E-state index in [9.17, 15) is 8.42 Å². The average Bonchev–Trinajstić information content (AvgIpc) is 3.50. The van der Waals surface area contributed by atoms with Gasteiger partial charge in [-0.25, -0.2) is 13.4 Å². The highest BCUT2D eigenvalue weighted by molar-refractivity contribution is 7.89. The van der Waals surface area contributed by atoms with Crippen LogP contribution in [-0.2, 0) is 16.4 Å². The van der Waals surface area contributed by atoms with Crippen LogP contribution in [-0.4, -0.2) is 43.6 Å². The number of ether oxygens (including phenoxy) is 2. The van der Waals surface area contributed by atoms with Crippen molar-refractivity contribution in [2.45, 2.75) is 38.0 Å². The van der Waals surface area contributed by atoms with Gasteiger partial charge in [-0.05, 0) is 111 Å². The summed E-state index contributed by atoms with van der Waals surface area (Å²) in [7, 11) is -3.59. The first-order valence-electron chi connectivity index (χ1n) is 15.8. The van der Waals surface area contributed by atoms with Crippen molar-refractivity contribution in [3.05, 3.63) is 119 Å². The van der Waals surface area contributed by atoms with E-state index >= 15 is 0 Å². The monoisotopic (exact) mass is 653 g/mol. The lowest BCUT2D eigenvalue weighted by molar-refractivity contribution is 0.273. The van der Waals surface area contributed by atoms with Crippen LogP contribution in [0.5, 0.6) is 11.5 Å². The molecular weight excluding hydrogens is 615 g/mol. The highest BCUT2D eigenvalue weighted by atomic mass is 32.2. The molecule has 0 unspecified atom stereocenters. The molecule has 1 aliphatic heterocycles. The van der Waals surface area contributed by atoms with Crippen molar-refractivity contribution in [2.24, 2.45) is 10.9 Å². The molecule has 0 radical (unpaired) electrons. The van der Waals surface area contributed by atoms with Crippen molar-refractivity contribution in [3.63, 3.8) is 0 Å². The fourth-order valence-electron chi connectivity index (χ4n) is 5.84. The zero-order valence-electron chi connectivity index (χ0n) is 26.2. The summed E-state index contributed by atoms with van der Waals surface area (Å²) in [6, 6.07) is 33.3. The van der Waals surface area contributed by atoms with Gasteiger partial charge in [0, 0.05) is 24.2 Å². The minimum absolute atomic E-state index is 0.319. The summed E-state index contributed by atoms with van der Waals surface area (Å²) < 4.78 is 42.3. The number of piperidine rings is 1. The second-order valence-corrected chi connectivity index (χ2v) is 14.0. The van der Waals surface area contributed by atoms with Gasteiger partial charge in [0.1, 0.15) is 11.5 Å². The summed E-state index contributed by atoms with van der Waals surface area (Å²) in [6.07, 6.45) is 2.72. The van der Waals surface area contributed by atoms with Crippen LogP contribution in [0.3, 0.4) is 0 Å². The van der Waals surface area contributed by atoms with Crippen LogP contribution < -0.4 is 14.3 Å². The quantitative estimate of drug-likeness (QED) is 0.145. The molecule has 0 aliphatic carbocycles. The summed E-state index contributed by atoms with van der Waals surface area (Å²) in [6.45, 7) is 6.21. The molecular formula is C37H39N3O4S2. The Morgan fingerprint density at radius 3 is 2.00 bits per heavy atom. The van der Waals surface area contributed by atoms with E-state index in [4.69, 9.17) is 14.5 Å². The number of rotatable bonds is 11. The maximum Gasteiger partial charge on any atom is 0.243 e. The van der Waals surface area contributed by atoms with Gasteiger partial charge >= 0.3 is 0 Å². The molecule has 0 amide bonds. The predicted molar refractivity (Wildman–Crippen MR) is 185 cm³/mol. The van der Waals surface area contributed by atoms with Crippen LogP contribution in [0.1, 0.15) is 32.3 Å². The maximum atomic E-state index is 13.6. The fraction of sp³-hybridized carbons (Fsp3) is 0.270. The maximum absolute atomic E-state index is 13.6. The molecule has 7 nitrogen and oxygen atoms in total. The third kappa shape index (κ3) is 7.28. The number of hydrogen-bond acceptors (Lipinski definition) is 6. The summed E-state index contributed by atoms with van der Waals surface area (Å²) in [4.78, 5) is 6.08. The van der Waals surface area contributed by atoms with Crippen LogP contribution in [0.2, 0.25) is 0 Å². The average molecular weight is 654 g/mol. The zero-order valence-corrected chi connectivity index (χ0v) is 27.8. The van der Waals surface area contributed by atoms with Crippen molar-refractivity contribution in [2.75, 3.05) is 26.3 Å². The number of nitrogens with zero attached hydrogens (tertiary/aromatic N) is 3. The van der Waals surface area contributed by atoms with Crippen molar-refractivity contribution < 1.29 is 17.9 Å². The van der Waals surface area contributed by atoms with Crippen molar-refractivity contribution in [3.8, 4) is 28.4 Å². The molecule has 0 N–H and O–H groups in total. The molecule has 238 valence electrons. The van der Waals surface area contributed by atoms with Gasteiger partial charge < -0.3 is 9.47 Å². The first kappa shape index (κ1) is 31.8. The van der Waals surface area contributed by atoms with Crippen molar-refractivity contribution in [1.82, 2.24) is 8.87 Å².